The molecule has 0 spiro atoms. The van der Waals surface area contributed by atoms with E-state index in [1.807, 2.05) is 4.90 Å². The van der Waals surface area contributed by atoms with Crippen molar-refractivity contribution in [1.29, 1.82) is 0 Å². The number of allylic oxidation sites excluding steroid dienone is 1. The third-order valence-electron chi connectivity index (χ3n) is 11.7. The fourth-order valence-corrected chi connectivity index (χ4v) is 9.43. The van der Waals surface area contributed by atoms with Crippen molar-refractivity contribution in [2.24, 2.45) is 23.7 Å². The van der Waals surface area contributed by atoms with Gasteiger partial charge in [0.25, 0.3) is 0 Å². The van der Waals surface area contributed by atoms with Gasteiger partial charge in [0.1, 0.15) is 12.3 Å². The van der Waals surface area contributed by atoms with E-state index in [2.05, 4.69) is 65.7 Å². The molecule has 0 radical (unpaired) electrons. The average molecular weight is 632 g/mol. The summed E-state index contributed by atoms with van der Waals surface area (Å²) in [4.78, 5) is 32.8. The summed E-state index contributed by atoms with van der Waals surface area (Å²) in [5, 5.41) is 14.4. The van der Waals surface area contributed by atoms with Crippen LogP contribution in [0, 0.1) is 23.7 Å². The summed E-state index contributed by atoms with van der Waals surface area (Å²) in [5.41, 5.74) is 0. The van der Waals surface area contributed by atoms with Crippen LogP contribution in [0.1, 0.15) is 65.7 Å². The Bertz CT molecular complexity index is 1110. The highest BCUT2D eigenvalue weighted by molar-refractivity contribution is 5.87. The van der Waals surface area contributed by atoms with Gasteiger partial charge in [-0.2, -0.15) is 0 Å². The molecule has 11 heteroatoms. The van der Waals surface area contributed by atoms with Gasteiger partial charge in [-0.1, -0.05) is 32.6 Å². The van der Waals surface area contributed by atoms with Crippen LogP contribution in [0.4, 0.5) is 13.6 Å². The van der Waals surface area contributed by atoms with E-state index in [9.17, 15) is 9.59 Å². The number of halogens is 2. The number of carbonyl (C=O) groups excluding carboxylic acids is 2. The number of fused-ring (bicyclic) bond motifs is 7. The SMILES string of the molecule is C=CC(=O)N1CCN(C2NC(=O)N3C4CC(CC=CCCNC5CCC(F)C(C5)C5NC3C2CC5F)CNC4C(C)C)[C@@H](C)C1. The van der Waals surface area contributed by atoms with Gasteiger partial charge in [-0.15, -0.1) is 0 Å². The van der Waals surface area contributed by atoms with Crippen LogP contribution < -0.4 is 21.3 Å². The van der Waals surface area contributed by atoms with E-state index in [0.29, 0.717) is 44.3 Å². The van der Waals surface area contributed by atoms with Crippen LogP contribution in [-0.4, -0.2) is 114 Å². The van der Waals surface area contributed by atoms with E-state index in [4.69, 9.17) is 0 Å². The zero-order valence-corrected chi connectivity index (χ0v) is 27.3. The quantitative estimate of drug-likeness (QED) is 0.283. The van der Waals surface area contributed by atoms with E-state index in [1.54, 1.807) is 4.90 Å². The highest BCUT2D eigenvalue weighted by atomic mass is 19.1. The fourth-order valence-electron chi connectivity index (χ4n) is 9.43. The van der Waals surface area contributed by atoms with Gasteiger partial charge in [0.05, 0.1) is 18.4 Å². The molecule has 45 heavy (non-hydrogen) atoms. The average Bonchev–Trinajstić information content (AvgIpc) is 3.02. The van der Waals surface area contributed by atoms with Crippen molar-refractivity contribution in [3.05, 3.63) is 24.8 Å². The van der Waals surface area contributed by atoms with Gasteiger partial charge in [0, 0.05) is 55.6 Å². The maximum absolute atomic E-state index is 16.5. The Morgan fingerprint density at radius 3 is 2.62 bits per heavy atom. The second kappa shape index (κ2) is 14.0. The molecule has 0 aromatic carbocycles. The van der Waals surface area contributed by atoms with E-state index in [1.165, 1.54) is 6.08 Å². The van der Waals surface area contributed by atoms with Gasteiger partial charge in [-0.05, 0) is 82.9 Å². The van der Waals surface area contributed by atoms with Gasteiger partial charge in [0.2, 0.25) is 5.91 Å². The van der Waals surface area contributed by atoms with E-state index >= 15 is 8.78 Å². The standard InChI is InChI=1S/C34H55F2N7O2/c1-5-29(44)41-13-14-42(21(4)19-41)32-25-17-27(36)31-24-16-23(10-11-26(24)35)37-12-8-6-7-9-22-15-28(30(20(2)3)38-18-22)43(33(25)39-31)34(45)40-32/h5-7,20-28,30-33,37-39H,1,8-19H2,2-4H3,(H,40,45)/t21-,22?,23?,24?,25?,26?,27?,28?,30?,31?,32?,33?/m0/s1. The van der Waals surface area contributed by atoms with Crippen molar-refractivity contribution >= 4 is 11.9 Å². The summed E-state index contributed by atoms with van der Waals surface area (Å²) < 4.78 is 32.2. The Balaban J connectivity index is 1.35. The predicted octanol–water partition coefficient (Wildman–Crippen LogP) is 3.15. The lowest BCUT2D eigenvalue weighted by Crippen LogP contribution is -2.79. The van der Waals surface area contributed by atoms with E-state index < -0.39 is 30.5 Å². The highest BCUT2D eigenvalue weighted by Crippen LogP contribution is 2.42. The number of urea groups is 1. The molecular formula is C34H55F2N7O2. The lowest BCUT2D eigenvalue weighted by atomic mass is 9.73. The van der Waals surface area contributed by atoms with Gasteiger partial charge in [-0.25, -0.2) is 13.6 Å². The monoisotopic (exact) mass is 631 g/mol. The summed E-state index contributed by atoms with van der Waals surface area (Å²) in [7, 11) is 0. The molecule has 12 atom stereocenters. The molecular weight excluding hydrogens is 576 g/mol. The third-order valence-corrected chi connectivity index (χ3v) is 11.7. The molecule has 252 valence electrons. The summed E-state index contributed by atoms with van der Waals surface area (Å²) >= 11 is 0. The molecule has 4 saturated heterocycles. The first-order valence-corrected chi connectivity index (χ1v) is 17.6. The number of piperidine rings is 2. The van der Waals surface area contributed by atoms with Gasteiger partial charge < -0.3 is 25.8 Å². The van der Waals surface area contributed by atoms with Crippen LogP contribution >= 0.6 is 0 Å². The number of piperazine rings is 1. The minimum absolute atomic E-state index is 0.0298. The molecule has 9 nitrogen and oxygen atoms in total. The largest absolute Gasteiger partial charge is 0.336 e. The molecule has 1 saturated carbocycles. The number of amides is 3. The first kappa shape index (κ1) is 32.8. The first-order valence-electron chi connectivity index (χ1n) is 17.6. The summed E-state index contributed by atoms with van der Waals surface area (Å²) in [6.07, 6.45) is 7.52. The number of hydrogen-bond donors (Lipinski definition) is 4. The van der Waals surface area contributed by atoms with Crippen LogP contribution in [0.3, 0.4) is 0 Å². The lowest BCUT2D eigenvalue weighted by molar-refractivity contribution is -0.132. The molecule has 5 fully saturated rings. The third kappa shape index (κ3) is 6.69. The van der Waals surface area contributed by atoms with Crippen LogP contribution in [-0.2, 0) is 4.79 Å². The van der Waals surface area contributed by atoms with E-state index in [-0.39, 0.29) is 54.6 Å². The molecule has 4 N–H and O–H groups in total. The van der Waals surface area contributed by atoms with Crippen molar-refractivity contribution < 1.29 is 18.4 Å². The minimum atomic E-state index is -1.23. The lowest BCUT2D eigenvalue weighted by Gasteiger charge is -2.59. The molecule has 5 heterocycles. The van der Waals surface area contributed by atoms with Gasteiger partial charge >= 0.3 is 6.03 Å². The number of alkyl halides is 2. The molecule has 5 aliphatic heterocycles. The molecule has 6 aliphatic rings. The maximum Gasteiger partial charge on any atom is 0.320 e. The molecule has 6 rings (SSSR count). The number of carbonyl (C=O) groups is 2. The zero-order chi connectivity index (χ0) is 31.8. The second-order valence-electron chi connectivity index (χ2n) is 14.9. The molecule has 0 aromatic rings. The molecule has 1 aliphatic carbocycles. The first-order chi connectivity index (χ1) is 21.7. The smallest absolute Gasteiger partial charge is 0.320 e. The molecule has 0 aromatic heterocycles. The number of nitrogens with one attached hydrogen (secondary N) is 4. The topological polar surface area (TPSA) is 92.0 Å². The Labute approximate surface area is 268 Å². The Kier molecular flexibility index (Phi) is 10.2. The van der Waals surface area contributed by atoms with Crippen molar-refractivity contribution in [3.63, 3.8) is 0 Å². The number of rotatable bonds is 3. The Morgan fingerprint density at radius 1 is 1.04 bits per heavy atom. The summed E-state index contributed by atoms with van der Waals surface area (Å²) in [6, 6.07) is -0.645. The number of nitrogens with zero attached hydrogens (tertiary/aromatic N) is 3. The summed E-state index contributed by atoms with van der Waals surface area (Å²) in [6.45, 7) is 13.5. The number of hydrogen-bond acceptors (Lipinski definition) is 6. The predicted molar refractivity (Wildman–Crippen MR) is 172 cm³/mol. The maximum atomic E-state index is 16.5. The molecule has 11 unspecified atom stereocenters. The Morgan fingerprint density at radius 2 is 1.87 bits per heavy atom. The minimum Gasteiger partial charge on any atom is -0.336 e. The normalized spacial score (nSPS) is 43.1. The van der Waals surface area contributed by atoms with E-state index in [0.717, 1.165) is 38.8 Å². The van der Waals surface area contributed by atoms with Crippen molar-refractivity contribution in [2.75, 3.05) is 32.7 Å². The zero-order valence-electron chi connectivity index (χ0n) is 27.3. The van der Waals surface area contributed by atoms with Crippen molar-refractivity contribution in [1.82, 2.24) is 36.0 Å². The van der Waals surface area contributed by atoms with Crippen LogP contribution in [0.25, 0.3) is 0 Å². The highest BCUT2D eigenvalue weighted by Gasteiger charge is 2.56. The van der Waals surface area contributed by atoms with Crippen molar-refractivity contribution in [3.8, 4) is 0 Å². The summed E-state index contributed by atoms with van der Waals surface area (Å²) in [5.74, 6) is -0.110. The van der Waals surface area contributed by atoms with Crippen LogP contribution in [0.2, 0.25) is 0 Å². The van der Waals surface area contributed by atoms with Gasteiger partial charge in [-0.3, -0.25) is 15.0 Å². The van der Waals surface area contributed by atoms with Crippen LogP contribution in [0.5, 0.6) is 0 Å². The van der Waals surface area contributed by atoms with Crippen molar-refractivity contribution in [2.45, 2.75) is 121 Å². The second-order valence-corrected chi connectivity index (χ2v) is 14.9. The van der Waals surface area contributed by atoms with Gasteiger partial charge in [0.15, 0.2) is 0 Å². The Hall–Kier alpha value is -2.08. The molecule has 3 amide bonds. The molecule has 6 bridgehead atoms. The van der Waals surface area contributed by atoms with Crippen LogP contribution in [0.15, 0.2) is 24.8 Å². The fraction of sp³-hybridized carbons (Fsp3) is 0.824.